The number of pyridine rings is 2. The molecule has 0 radical (unpaired) electrons. The first-order valence-corrected chi connectivity index (χ1v) is 9.13. The molecule has 0 spiro atoms. The van der Waals surface area contributed by atoms with E-state index in [4.69, 9.17) is 0 Å². The van der Waals surface area contributed by atoms with Crippen LogP contribution in [0.2, 0.25) is 0 Å². The molecule has 1 N–H and O–H groups in total. The Hall–Kier alpha value is -1.82. The molecule has 1 atom stereocenters. The second-order valence-corrected chi connectivity index (χ2v) is 7.34. The van der Waals surface area contributed by atoms with E-state index in [0.717, 1.165) is 25.3 Å². The summed E-state index contributed by atoms with van der Waals surface area (Å²) in [5, 5.41) is 1.02. The number of carbonyl (C=O) groups excluding carboxylic acids is 1. The van der Waals surface area contributed by atoms with Crippen molar-refractivity contribution in [1.82, 2.24) is 14.9 Å². The van der Waals surface area contributed by atoms with Gasteiger partial charge in [0.1, 0.15) is 5.69 Å². The van der Waals surface area contributed by atoms with Gasteiger partial charge in [0.2, 0.25) is 0 Å². The van der Waals surface area contributed by atoms with Gasteiger partial charge in [-0.3, -0.25) is 9.59 Å². The first kappa shape index (κ1) is 16.1. The largest absolute Gasteiger partial charge is 0.336 e. The molecular formula is C17H21N3O2S. The monoisotopic (exact) mass is 331 g/mol. The normalized spacial score (nSPS) is 18.8. The van der Waals surface area contributed by atoms with E-state index < -0.39 is 0 Å². The van der Waals surface area contributed by atoms with Gasteiger partial charge in [0.15, 0.2) is 0 Å². The van der Waals surface area contributed by atoms with E-state index in [1.165, 1.54) is 12.8 Å². The summed E-state index contributed by atoms with van der Waals surface area (Å²) in [4.78, 5) is 33.5. The fraction of sp³-hybridized carbons (Fsp3) is 0.471. The summed E-state index contributed by atoms with van der Waals surface area (Å²) in [6.07, 6.45) is 4.94. The minimum atomic E-state index is -0.178. The molecule has 5 nitrogen and oxygen atoms in total. The van der Waals surface area contributed by atoms with Gasteiger partial charge >= 0.3 is 0 Å². The molecule has 2 aromatic rings. The molecule has 1 aliphatic heterocycles. The fourth-order valence-corrected chi connectivity index (χ4v) is 4.10. The Balaban J connectivity index is 1.85. The Morgan fingerprint density at radius 2 is 2.26 bits per heavy atom. The van der Waals surface area contributed by atoms with E-state index in [0.29, 0.717) is 21.8 Å². The predicted molar refractivity (Wildman–Crippen MR) is 94.0 cm³/mol. The topological polar surface area (TPSA) is 66.1 Å². The van der Waals surface area contributed by atoms with E-state index in [-0.39, 0.29) is 11.5 Å². The number of thioether (sulfide) groups is 1. The number of H-pyrrole nitrogens is 1. The summed E-state index contributed by atoms with van der Waals surface area (Å²) in [5.74, 6) is 1.04. The van der Waals surface area contributed by atoms with Crippen LogP contribution < -0.4 is 5.56 Å². The lowest BCUT2D eigenvalue weighted by molar-refractivity contribution is 0.0758. The Morgan fingerprint density at radius 1 is 1.39 bits per heavy atom. The molecule has 1 fully saturated rings. The van der Waals surface area contributed by atoms with Crippen LogP contribution >= 0.6 is 11.8 Å². The Labute approximate surface area is 139 Å². The van der Waals surface area contributed by atoms with Crippen LogP contribution in [0.4, 0.5) is 0 Å². The van der Waals surface area contributed by atoms with Crippen LogP contribution in [0.5, 0.6) is 0 Å². The lowest BCUT2D eigenvalue weighted by Gasteiger charge is -2.23. The summed E-state index contributed by atoms with van der Waals surface area (Å²) in [6, 6.07) is 5.07. The van der Waals surface area contributed by atoms with Gasteiger partial charge in [-0.1, -0.05) is 13.3 Å². The van der Waals surface area contributed by atoms with E-state index in [9.17, 15) is 9.59 Å². The maximum absolute atomic E-state index is 12.8. The third kappa shape index (κ3) is 3.58. The highest BCUT2D eigenvalue weighted by Gasteiger charge is 2.23. The average Bonchev–Trinajstić information content (AvgIpc) is 2.80. The van der Waals surface area contributed by atoms with Crippen LogP contribution in [0.25, 0.3) is 10.9 Å². The van der Waals surface area contributed by atoms with Gasteiger partial charge < -0.3 is 9.88 Å². The van der Waals surface area contributed by atoms with Crippen LogP contribution in [0.15, 0.2) is 29.2 Å². The minimum Gasteiger partial charge on any atom is -0.336 e. The zero-order valence-corrected chi connectivity index (χ0v) is 14.1. The Bertz CT molecular complexity index is 759. The van der Waals surface area contributed by atoms with Crippen molar-refractivity contribution >= 4 is 28.6 Å². The van der Waals surface area contributed by atoms with E-state index in [1.807, 2.05) is 16.7 Å². The molecule has 1 saturated heterocycles. The van der Waals surface area contributed by atoms with Crippen LogP contribution in [0, 0.1) is 0 Å². The molecule has 0 bridgehead atoms. The second-order valence-electron chi connectivity index (χ2n) is 5.76. The number of amides is 1. The van der Waals surface area contributed by atoms with Gasteiger partial charge in [-0.2, -0.15) is 11.8 Å². The molecule has 3 heterocycles. The van der Waals surface area contributed by atoms with Crippen molar-refractivity contribution in [2.45, 2.75) is 31.4 Å². The number of likely N-dealkylation sites (tertiary alicyclic amines) is 1. The van der Waals surface area contributed by atoms with Gasteiger partial charge in [-0.05, 0) is 36.8 Å². The van der Waals surface area contributed by atoms with Crippen LogP contribution in [-0.4, -0.2) is 44.9 Å². The highest BCUT2D eigenvalue weighted by atomic mass is 32.2. The molecule has 0 aromatic carbocycles. The van der Waals surface area contributed by atoms with Crippen molar-refractivity contribution in [2.75, 3.05) is 18.8 Å². The second kappa shape index (κ2) is 7.17. The molecule has 1 amide bonds. The number of hydrogen-bond acceptors (Lipinski definition) is 4. The number of nitrogens with one attached hydrogen (secondary N) is 1. The first-order chi connectivity index (χ1) is 11.2. The number of aromatic nitrogens is 2. The maximum atomic E-state index is 12.8. The number of aromatic amines is 1. The summed E-state index contributed by atoms with van der Waals surface area (Å²) in [6.45, 7) is 3.73. The van der Waals surface area contributed by atoms with Crippen molar-refractivity contribution in [3.8, 4) is 0 Å². The van der Waals surface area contributed by atoms with Gasteiger partial charge in [0.05, 0.1) is 10.9 Å². The molecule has 1 aliphatic rings. The van der Waals surface area contributed by atoms with Gasteiger partial charge in [-0.15, -0.1) is 0 Å². The van der Waals surface area contributed by atoms with Gasteiger partial charge in [-0.25, -0.2) is 4.98 Å². The Morgan fingerprint density at radius 3 is 3.09 bits per heavy atom. The lowest BCUT2D eigenvalue weighted by Crippen LogP contribution is -2.36. The van der Waals surface area contributed by atoms with E-state index in [1.54, 1.807) is 24.4 Å². The predicted octanol–water partition coefficient (Wildman–Crippen LogP) is 2.67. The maximum Gasteiger partial charge on any atom is 0.272 e. The van der Waals surface area contributed by atoms with Crippen LogP contribution in [0.3, 0.4) is 0 Å². The van der Waals surface area contributed by atoms with Gasteiger partial charge in [0, 0.05) is 24.5 Å². The Kier molecular flexibility index (Phi) is 5.00. The number of rotatable bonds is 3. The number of carbonyl (C=O) groups is 1. The number of hydrogen-bond donors (Lipinski definition) is 1. The smallest absolute Gasteiger partial charge is 0.272 e. The average molecular weight is 331 g/mol. The third-order valence-electron chi connectivity index (χ3n) is 4.16. The first-order valence-electron chi connectivity index (χ1n) is 8.08. The van der Waals surface area contributed by atoms with Gasteiger partial charge in [0.25, 0.3) is 11.5 Å². The molecule has 23 heavy (non-hydrogen) atoms. The highest BCUT2D eigenvalue weighted by Crippen LogP contribution is 2.23. The van der Waals surface area contributed by atoms with Crippen molar-refractivity contribution < 1.29 is 4.79 Å². The molecule has 6 heteroatoms. The summed E-state index contributed by atoms with van der Waals surface area (Å²) >= 11 is 1.93. The molecule has 1 unspecified atom stereocenters. The molecule has 3 rings (SSSR count). The molecule has 0 saturated carbocycles. The zero-order chi connectivity index (χ0) is 16.2. The van der Waals surface area contributed by atoms with Crippen molar-refractivity contribution in [2.24, 2.45) is 0 Å². The highest BCUT2D eigenvalue weighted by molar-refractivity contribution is 7.99. The van der Waals surface area contributed by atoms with Crippen LogP contribution in [-0.2, 0) is 0 Å². The summed E-state index contributed by atoms with van der Waals surface area (Å²) in [7, 11) is 0. The van der Waals surface area contributed by atoms with Crippen molar-refractivity contribution in [3.63, 3.8) is 0 Å². The van der Waals surface area contributed by atoms with E-state index >= 15 is 0 Å². The lowest BCUT2D eigenvalue weighted by atomic mass is 10.2. The molecule has 2 aromatic heterocycles. The summed E-state index contributed by atoms with van der Waals surface area (Å²) < 4.78 is 0. The van der Waals surface area contributed by atoms with Crippen LogP contribution in [0.1, 0.15) is 36.7 Å². The standard InChI is InChI=1S/C17H21N3O2S/c1-2-23-12-5-3-4-10-20(11-12)17(22)15-7-6-13-14(19-15)8-9-18-16(13)21/h6-9,12H,2-5,10-11H2,1H3,(H,18,21). The van der Waals surface area contributed by atoms with E-state index in [2.05, 4.69) is 16.9 Å². The quantitative estimate of drug-likeness (QED) is 0.939. The molecule has 0 aliphatic carbocycles. The minimum absolute atomic E-state index is 0.0317. The van der Waals surface area contributed by atoms with Crippen molar-refractivity contribution in [3.05, 3.63) is 40.4 Å². The third-order valence-corrected chi connectivity index (χ3v) is 5.35. The molecule has 122 valence electrons. The SMILES string of the molecule is CCSC1CCCCN(C(=O)c2ccc3c(=O)[nH]ccc3n2)C1. The fourth-order valence-electron chi connectivity index (χ4n) is 3.01. The summed E-state index contributed by atoms with van der Waals surface area (Å²) in [5.41, 5.74) is 0.808. The number of nitrogens with zero attached hydrogens (tertiary/aromatic N) is 2. The molecular weight excluding hydrogens is 310 g/mol. The zero-order valence-electron chi connectivity index (χ0n) is 13.2. The number of fused-ring (bicyclic) bond motifs is 1. The van der Waals surface area contributed by atoms with Crippen molar-refractivity contribution in [1.29, 1.82) is 0 Å².